The molecule has 4 nitrogen and oxygen atoms in total. The fourth-order valence-electron chi connectivity index (χ4n) is 2.25. The Morgan fingerprint density at radius 1 is 1.28 bits per heavy atom. The van der Waals surface area contributed by atoms with Gasteiger partial charge in [-0.2, -0.15) is 0 Å². The fraction of sp³-hybridized carbons (Fsp3) is 0.357. The Labute approximate surface area is 106 Å². The van der Waals surface area contributed by atoms with Gasteiger partial charge >= 0.3 is 0 Å². The number of nitrogens with one attached hydrogen (secondary N) is 1. The molecule has 2 aliphatic rings. The third-order valence-corrected chi connectivity index (χ3v) is 3.23. The Morgan fingerprint density at radius 2 is 2.11 bits per heavy atom. The average Bonchev–Trinajstić information content (AvgIpc) is 2.99. The molecule has 4 heteroatoms. The van der Waals surface area contributed by atoms with E-state index in [2.05, 4.69) is 5.32 Å². The van der Waals surface area contributed by atoms with Crippen LogP contribution in [-0.4, -0.2) is 18.7 Å². The second kappa shape index (κ2) is 4.72. The zero-order valence-corrected chi connectivity index (χ0v) is 9.96. The topological polar surface area (TPSA) is 47.6 Å². The first-order valence-corrected chi connectivity index (χ1v) is 6.14. The number of carbonyl (C=O) groups is 1. The number of rotatable bonds is 3. The highest BCUT2D eigenvalue weighted by Crippen LogP contribution is 2.27. The standard InChI is InChI=1S/C14H15NO3/c16-13-7-11(8-15-13)12-9-17-14(18-12)6-10-4-2-1-3-5-10/h1-5,9,11,14H,6-8H2,(H,15,16). The molecule has 1 aromatic rings. The van der Waals surface area contributed by atoms with Gasteiger partial charge in [-0.25, -0.2) is 0 Å². The summed E-state index contributed by atoms with van der Waals surface area (Å²) in [4.78, 5) is 11.1. The van der Waals surface area contributed by atoms with Crippen molar-refractivity contribution in [3.63, 3.8) is 0 Å². The summed E-state index contributed by atoms with van der Waals surface area (Å²) in [7, 11) is 0. The van der Waals surface area contributed by atoms with Gasteiger partial charge in [-0.1, -0.05) is 30.3 Å². The van der Waals surface area contributed by atoms with Crippen LogP contribution in [0.25, 0.3) is 0 Å². The molecule has 2 heterocycles. The molecule has 0 aliphatic carbocycles. The number of hydrogen-bond acceptors (Lipinski definition) is 3. The van der Waals surface area contributed by atoms with Crippen LogP contribution in [0.1, 0.15) is 12.0 Å². The Balaban J connectivity index is 1.56. The molecule has 0 spiro atoms. The van der Waals surface area contributed by atoms with E-state index in [1.165, 1.54) is 5.56 Å². The summed E-state index contributed by atoms with van der Waals surface area (Å²) in [5.74, 6) is 0.989. The molecule has 18 heavy (non-hydrogen) atoms. The highest BCUT2D eigenvalue weighted by molar-refractivity contribution is 5.78. The van der Waals surface area contributed by atoms with Crippen molar-refractivity contribution in [2.75, 3.05) is 6.54 Å². The van der Waals surface area contributed by atoms with E-state index < -0.39 is 0 Å². The average molecular weight is 245 g/mol. The van der Waals surface area contributed by atoms with Crippen LogP contribution in [0.2, 0.25) is 0 Å². The minimum atomic E-state index is -0.266. The molecule has 0 saturated carbocycles. The zero-order valence-electron chi connectivity index (χ0n) is 9.96. The third-order valence-electron chi connectivity index (χ3n) is 3.23. The number of amides is 1. The lowest BCUT2D eigenvalue weighted by molar-refractivity contribution is -0.119. The molecule has 1 aromatic carbocycles. The molecular formula is C14H15NO3. The van der Waals surface area contributed by atoms with Crippen LogP contribution in [0.15, 0.2) is 42.4 Å². The second-order valence-corrected chi connectivity index (χ2v) is 4.60. The van der Waals surface area contributed by atoms with Crippen LogP contribution in [0.5, 0.6) is 0 Å². The van der Waals surface area contributed by atoms with Gasteiger partial charge in [0.2, 0.25) is 12.2 Å². The van der Waals surface area contributed by atoms with Crippen molar-refractivity contribution in [2.45, 2.75) is 19.1 Å². The minimum Gasteiger partial charge on any atom is -0.459 e. The van der Waals surface area contributed by atoms with E-state index in [4.69, 9.17) is 9.47 Å². The number of hydrogen-bond donors (Lipinski definition) is 1. The Kier molecular flexibility index (Phi) is 2.92. The first kappa shape index (κ1) is 11.1. The van der Waals surface area contributed by atoms with E-state index in [1.807, 2.05) is 30.3 Å². The maximum absolute atomic E-state index is 11.1. The molecule has 1 fully saturated rings. The molecule has 0 bridgehead atoms. The van der Waals surface area contributed by atoms with E-state index in [1.54, 1.807) is 6.26 Å². The van der Waals surface area contributed by atoms with Crippen LogP contribution in [0.3, 0.4) is 0 Å². The van der Waals surface area contributed by atoms with Crippen molar-refractivity contribution in [3.8, 4) is 0 Å². The van der Waals surface area contributed by atoms with Gasteiger partial charge in [-0.15, -0.1) is 0 Å². The normalized spacial score (nSPS) is 26.2. The summed E-state index contributed by atoms with van der Waals surface area (Å²) in [5.41, 5.74) is 1.18. The van der Waals surface area contributed by atoms with Crippen LogP contribution in [0, 0.1) is 5.92 Å². The molecule has 2 aliphatic heterocycles. The van der Waals surface area contributed by atoms with Crippen molar-refractivity contribution in [3.05, 3.63) is 47.9 Å². The molecule has 0 radical (unpaired) electrons. The molecule has 1 amide bonds. The Hall–Kier alpha value is -1.97. The third kappa shape index (κ3) is 2.32. The lowest BCUT2D eigenvalue weighted by Gasteiger charge is -2.13. The summed E-state index contributed by atoms with van der Waals surface area (Å²) in [5, 5.41) is 2.80. The smallest absolute Gasteiger partial charge is 0.244 e. The predicted molar refractivity (Wildman–Crippen MR) is 65.3 cm³/mol. The lowest BCUT2D eigenvalue weighted by atomic mass is 10.1. The van der Waals surface area contributed by atoms with Gasteiger partial charge in [0.1, 0.15) is 12.0 Å². The lowest BCUT2D eigenvalue weighted by Crippen LogP contribution is -2.16. The summed E-state index contributed by atoms with van der Waals surface area (Å²) >= 11 is 0. The summed E-state index contributed by atoms with van der Waals surface area (Å²) in [6.07, 6.45) is 2.60. The van der Waals surface area contributed by atoms with E-state index in [0.29, 0.717) is 13.0 Å². The minimum absolute atomic E-state index is 0.0796. The van der Waals surface area contributed by atoms with Gasteiger partial charge in [0.25, 0.3) is 0 Å². The highest BCUT2D eigenvalue weighted by atomic mass is 16.7. The molecule has 0 aromatic heterocycles. The quantitative estimate of drug-likeness (QED) is 0.879. The number of carbonyl (C=O) groups excluding carboxylic acids is 1. The van der Waals surface area contributed by atoms with E-state index in [9.17, 15) is 4.79 Å². The van der Waals surface area contributed by atoms with Crippen molar-refractivity contribution in [2.24, 2.45) is 5.92 Å². The van der Waals surface area contributed by atoms with Crippen LogP contribution < -0.4 is 5.32 Å². The molecule has 2 unspecified atom stereocenters. The zero-order chi connectivity index (χ0) is 12.4. The molecular weight excluding hydrogens is 230 g/mol. The van der Waals surface area contributed by atoms with Crippen molar-refractivity contribution < 1.29 is 14.3 Å². The molecule has 1 saturated heterocycles. The van der Waals surface area contributed by atoms with Crippen LogP contribution in [0.4, 0.5) is 0 Å². The van der Waals surface area contributed by atoms with Gasteiger partial charge in [0.15, 0.2) is 0 Å². The van der Waals surface area contributed by atoms with E-state index in [-0.39, 0.29) is 18.1 Å². The predicted octanol–water partition coefficient (Wildman–Crippen LogP) is 1.58. The van der Waals surface area contributed by atoms with Gasteiger partial charge in [0, 0.05) is 25.3 Å². The number of ether oxygens (including phenoxy) is 2. The van der Waals surface area contributed by atoms with Gasteiger partial charge in [-0.05, 0) is 5.56 Å². The molecule has 1 N–H and O–H groups in total. The molecule has 3 rings (SSSR count). The maximum atomic E-state index is 11.1. The maximum Gasteiger partial charge on any atom is 0.244 e. The fourth-order valence-corrected chi connectivity index (χ4v) is 2.25. The van der Waals surface area contributed by atoms with Crippen LogP contribution >= 0.6 is 0 Å². The van der Waals surface area contributed by atoms with Crippen molar-refractivity contribution >= 4 is 5.91 Å². The van der Waals surface area contributed by atoms with Gasteiger partial charge in [0.05, 0.1) is 0 Å². The van der Waals surface area contributed by atoms with Gasteiger partial charge in [-0.3, -0.25) is 4.79 Å². The Morgan fingerprint density at radius 3 is 2.83 bits per heavy atom. The molecule has 94 valence electrons. The first-order chi connectivity index (χ1) is 8.81. The van der Waals surface area contributed by atoms with E-state index >= 15 is 0 Å². The summed E-state index contributed by atoms with van der Waals surface area (Å²) in [6, 6.07) is 10.1. The Bertz CT molecular complexity index is 469. The summed E-state index contributed by atoms with van der Waals surface area (Å²) < 4.78 is 11.2. The van der Waals surface area contributed by atoms with Gasteiger partial charge < -0.3 is 14.8 Å². The molecule has 2 atom stereocenters. The van der Waals surface area contributed by atoms with Crippen LogP contribution in [-0.2, 0) is 20.7 Å². The monoisotopic (exact) mass is 245 g/mol. The van der Waals surface area contributed by atoms with Crippen molar-refractivity contribution in [1.82, 2.24) is 5.32 Å². The highest BCUT2D eigenvalue weighted by Gasteiger charge is 2.31. The van der Waals surface area contributed by atoms with Crippen molar-refractivity contribution in [1.29, 1.82) is 0 Å². The summed E-state index contributed by atoms with van der Waals surface area (Å²) in [6.45, 7) is 0.645. The number of benzene rings is 1. The second-order valence-electron chi connectivity index (χ2n) is 4.60. The van der Waals surface area contributed by atoms with E-state index in [0.717, 1.165) is 12.2 Å². The first-order valence-electron chi connectivity index (χ1n) is 6.14. The SMILES string of the molecule is O=C1CC(C2=COC(Cc3ccccc3)O2)CN1. The largest absolute Gasteiger partial charge is 0.459 e.